The van der Waals surface area contributed by atoms with Crippen molar-refractivity contribution in [2.45, 2.75) is 52.6 Å². The molecule has 0 aliphatic rings. The standard InChI is InChI=1S/C11H26N2/c1-6-8-12-10(3)9-13(5)11(4)7-2/h10-12H,6-9H2,1-5H3. The van der Waals surface area contributed by atoms with Gasteiger partial charge < -0.3 is 10.2 Å². The molecule has 0 fully saturated rings. The molecule has 0 aromatic heterocycles. The van der Waals surface area contributed by atoms with Gasteiger partial charge in [0, 0.05) is 18.6 Å². The summed E-state index contributed by atoms with van der Waals surface area (Å²) in [6.07, 6.45) is 2.45. The maximum Gasteiger partial charge on any atom is 0.0166 e. The third-order valence-electron chi connectivity index (χ3n) is 2.65. The molecule has 0 amide bonds. The van der Waals surface area contributed by atoms with E-state index in [1.165, 1.54) is 12.8 Å². The Bertz CT molecular complexity index is 115. The first-order chi connectivity index (χ1) is 6.11. The van der Waals surface area contributed by atoms with Crippen molar-refractivity contribution in [2.75, 3.05) is 20.1 Å². The SMILES string of the molecule is CCCNC(C)CN(C)C(C)CC. The first-order valence-corrected chi connectivity index (χ1v) is 5.55. The van der Waals surface area contributed by atoms with E-state index >= 15 is 0 Å². The van der Waals surface area contributed by atoms with E-state index in [0.29, 0.717) is 12.1 Å². The Morgan fingerprint density at radius 2 is 1.85 bits per heavy atom. The fourth-order valence-corrected chi connectivity index (χ4v) is 1.38. The molecule has 0 radical (unpaired) electrons. The quantitative estimate of drug-likeness (QED) is 0.655. The third kappa shape index (κ3) is 6.05. The fourth-order valence-electron chi connectivity index (χ4n) is 1.38. The second kappa shape index (κ2) is 7.34. The number of nitrogens with zero attached hydrogens (tertiary/aromatic N) is 1. The second-order valence-corrected chi connectivity index (χ2v) is 4.05. The maximum atomic E-state index is 3.50. The van der Waals surface area contributed by atoms with E-state index in [-0.39, 0.29) is 0 Å². The van der Waals surface area contributed by atoms with Gasteiger partial charge in [0.2, 0.25) is 0 Å². The summed E-state index contributed by atoms with van der Waals surface area (Å²) in [5.74, 6) is 0. The summed E-state index contributed by atoms with van der Waals surface area (Å²) in [6.45, 7) is 11.3. The molecule has 0 spiro atoms. The Kier molecular flexibility index (Phi) is 7.29. The van der Waals surface area contributed by atoms with E-state index in [4.69, 9.17) is 0 Å². The van der Waals surface area contributed by atoms with Crippen LogP contribution >= 0.6 is 0 Å². The Morgan fingerprint density at radius 1 is 1.23 bits per heavy atom. The Morgan fingerprint density at radius 3 is 2.31 bits per heavy atom. The molecule has 0 aromatic rings. The average Bonchev–Trinajstić information content (AvgIpc) is 2.13. The molecule has 0 aliphatic heterocycles. The van der Waals surface area contributed by atoms with E-state index in [1.807, 2.05) is 0 Å². The summed E-state index contributed by atoms with van der Waals surface area (Å²) < 4.78 is 0. The summed E-state index contributed by atoms with van der Waals surface area (Å²) in [5, 5.41) is 3.50. The Hall–Kier alpha value is -0.0800. The molecule has 0 aromatic carbocycles. The summed E-state index contributed by atoms with van der Waals surface area (Å²) in [6, 6.07) is 1.31. The summed E-state index contributed by atoms with van der Waals surface area (Å²) in [7, 11) is 2.21. The molecule has 0 aliphatic carbocycles. The van der Waals surface area contributed by atoms with Crippen LogP contribution in [-0.4, -0.2) is 37.1 Å². The molecular formula is C11H26N2. The van der Waals surface area contributed by atoms with Crippen molar-refractivity contribution < 1.29 is 0 Å². The lowest BCUT2D eigenvalue weighted by Crippen LogP contribution is -2.41. The predicted molar refractivity (Wildman–Crippen MR) is 60.1 cm³/mol. The highest BCUT2D eigenvalue weighted by atomic mass is 15.1. The van der Waals surface area contributed by atoms with Crippen LogP contribution in [0.4, 0.5) is 0 Å². The van der Waals surface area contributed by atoms with Crippen molar-refractivity contribution in [2.24, 2.45) is 0 Å². The van der Waals surface area contributed by atoms with E-state index in [9.17, 15) is 0 Å². The van der Waals surface area contributed by atoms with Crippen molar-refractivity contribution in [1.82, 2.24) is 10.2 Å². The number of rotatable bonds is 7. The number of likely N-dealkylation sites (N-methyl/N-ethyl adjacent to an activating group) is 1. The lowest BCUT2D eigenvalue weighted by atomic mass is 10.2. The van der Waals surface area contributed by atoms with E-state index in [0.717, 1.165) is 13.1 Å². The van der Waals surface area contributed by atoms with Gasteiger partial charge in [-0.2, -0.15) is 0 Å². The minimum atomic E-state index is 0.610. The first-order valence-electron chi connectivity index (χ1n) is 5.55. The van der Waals surface area contributed by atoms with Gasteiger partial charge in [-0.15, -0.1) is 0 Å². The highest BCUT2D eigenvalue weighted by molar-refractivity contribution is 4.68. The van der Waals surface area contributed by atoms with Gasteiger partial charge in [0.05, 0.1) is 0 Å². The van der Waals surface area contributed by atoms with E-state index in [1.54, 1.807) is 0 Å². The molecule has 0 rings (SSSR count). The van der Waals surface area contributed by atoms with Crippen molar-refractivity contribution in [3.05, 3.63) is 0 Å². The lowest BCUT2D eigenvalue weighted by Gasteiger charge is -2.27. The molecule has 1 N–H and O–H groups in total. The highest BCUT2D eigenvalue weighted by Crippen LogP contribution is 2.00. The summed E-state index contributed by atoms with van der Waals surface area (Å²) in [4.78, 5) is 2.42. The molecule has 2 atom stereocenters. The van der Waals surface area contributed by atoms with Crippen LogP contribution in [0.2, 0.25) is 0 Å². The van der Waals surface area contributed by atoms with Crippen molar-refractivity contribution in [1.29, 1.82) is 0 Å². The van der Waals surface area contributed by atoms with Crippen LogP contribution in [-0.2, 0) is 0 Å². The van der Waals surface area contributed by atoms with Crippen molar-refractivity contribution in [3.8, 4) is 0 Å². The third-order valence-corrected chi connectivity index (χ3v) is 2.65. The van der Waals surface area contributed by atoms with Crippen LogP contribution in [0, 0.1) is 0 Å². The molecular weight excluding hydrogens is 160 g/mol. The zero-order chi connectivity index (χ0) is 10.3. The Labute approximate surface area is 83.7 Å². The van der Waals surface area contributed by atoms with E-state index in [2.05, 4.69) is 45.0 Å². The normalized spacial score (nSPS) is 16.2. The molecule has 0 heterocycles. The second-order valence-electron chi connectivity index (χ2n) is 4.05. The van der Waals surface area contributed by atoms with Crippen molar-refractivity contribution in [3.63, 3.8) is 0 Å². The highest BCUT2D eigenvalue weighted by Gasteiger charge is 2.09. The number of nitrogens with one attached hydrogen (secondary N) is 1. The monoisotopic (exact) mass is 186 g/mol. The molecule has 0 saturated heterocycles. The molecule has 0 saturated carbocycles. The first kappa shape index (κ1) is 12.9. The maximum absolute atomic E-state index is 3.50. The fraction of sp³-hybridized carbons (Fsp3) is 1.00. The predicted octanol–water partition coefficient (Wildman–Crippen LogP) is 2.10. The topological polar surface area (TPSA) is 15.3 Å². The van der Waals surface area contributed by atoms with Gasteiger partial charge in [0.1, 0.15) is 0 Å². The molecule has 2 nitrogen and oxygen atoms in total. The van der Waals surface area contributed by atoms with Crippen LogP contribution in [0.5, 0.6) is 0 Å². The minimum absolute atomic E-state index is 0.610. The molecule has 2 heteroatoms. The smallest absolute Gasteiger partial charge is 0.0166 e. The molecule has 2 unspecified atom stereocenters. The van der Waals surface area contributed by atoms with Crippen LogP contribution in [0.3, 0.4) is 0 Å². The van der Waals surface area contributed by atoms with Crippen molar-refractivity contribution >= 4 is 0 Å². The average molecular weight is 186 g/mol. The van der Waals surface area contributed by atoms with Crippen LogP contribution in [0.1, 0.15) is 40.5 Å². The van der Waals surface area contributed by atoms with Gasteiger partial charge in [-0.25, -0.2) is 0 Å². The van der Waals surface area contributed by atoms with Gasteiger partial charge in [-0.05, 0) is 40.3 Å². The van der Waals surface area contributed by atoms with Gasteiger partial charge in [0.25, 0.3) is 0 Å². The van der Waals surface area contributed by atoms with Gasteiger partial charge >= 0.3 is 0 Å². The minimum Gasteiger partial charge on any atom is -0.313 e. The van der Waals surface area contributed by atoms with Crippen LogP contribution in [0.15, 0.2) is 0 Å². The van der Waals surface area contributed by atoms with Crippen LogP contribution < -0.4 is 5.32 Å². The largest absolute Gasteiger partial charge is 0.313 e. The van der Waals surface area contributed by atoms with Gasteiger partial charge in [0.15, 0.2) is 0 Å². The molecule has 80 valence electrons. The summed E-state index contributed by atoms with van der Waals surface area (Å²) >= 11 is 0. The lowest BCUT2D eigenvalue weighted by molar-refractivity contribution is 0.229. The zero-order valence-corrected chi connectivity index (χ0v) is 9.93. The molecule has 13 heavy (non-hydrogen) atoms. The number of hydrogen-bond donors (Lipinski definition) is 1. The van der Waals surface area contributed by atoms with E-state index < -0.39 is 0 Å². The Balaban J connectivity index is 3.57. The van der Waals surface area contributed by atoms with Crippen LogP contribution in [0.25, 0.3) is 0 Å². The molecule has 0 bridgehead atoms. The summed E-state index contributed by atoms with van der Waals surface area (Å²) in [5.41, 5.74) is 0. The zero-order valence-electron chi connectivity index (χ0n) is 9.93. The van der Waals surface area contributed by atoms with Gasteiger partial charge in [-0.3, -0.25) is 0 Å². The number of hydrogen-bond acceptors (Lipinski definition) is 2. The van der Waals surface area contributed by atoms with Gasteiger partial charge in [-0.1, -0.05) is 13.8 Å².